The number of nitrogens with zero attached hydrogens (tertiary/aromatic N) is 1. The first-order valence-electron chi connectivity index (χ1n) is 9.67. The van der Waals surface area contributed by atoms with Gasteiger partial charge in [0.25, 0.3) is 5.91 Å². The van der Waals surface area contributed by atoms with Gasteiger partial charge in [-0.25, -0.2) is 4.79 Å². The zero-order valence-electron chi connectivity index (χ0n) is 17.1. The summed E-state index contributed by atoms with van der Waals surface area (Å²) in [6, 6.07) is 17.3. The van der Waals surface area contributed by atoms with Crippen molar-refractivity contribution in [3.8, 4) is 6.07 Å². The van der Waals surface area contributed by atoms with Crippen molar-refractivity contribution in [2.45, 2.75) is 32.7 Å². The molecule has 2 aromatic rings. The van der Waals surface area contributed by atoms with Crippen molar-refractivity contribution in [2.75, 3.05) is 11.9 Å². The number of rotatable bonds is 9. The zero-order valence-corrected chi connectivity index (χ0v) is 17.1. The Morgan fingerprint density at radius 3 is 2.27 bits per heavy atom. The van der Waals surface area contributed by atoms with Crippen LogP contribution in [0.2, 0.25) is 0 Å². The van der Waals surface area contributed by atoms with Crippen molar-refractivity contribution < 1.29 is 19.1 Å². The Morgan fingerprint density at radius 2 is 1.67 bits per heavy atom. The molecule has 0 spiro atoms. The molecule has 0 aliphatic carbocycles. The molecule has 2 aromatic carbocycles. The third kappa shape index (κ3) is 7.40. The van der Waals surface area contributed by atoms with Gasteiger partial charge in [-0.1, -0.05) is 44.2 Å². The Morgan fingerprint density at radius 1 is 1.00 bits per heavy atom. The molecular formula is C23H25N3O4. The molecule has 2 N–H and O–H groups in total. The van der Waals surface area contributed by atoms with Crippen LogP contribution < -0.4 is 10.6 Å². The number of carbonyl (C=O) groups excluding carboxylic acids is 3. The summed E-state index contributed by atoms with van der Waals surface area (Å²) in [6.07, 6.45) is 0.516. The Kier molecular flexibility index (Phi) is 8.57. The highest BCUT2D eigenvalue weighted by atomic mass is 16.5. The van der Waals surface area contributed by atoms with E-state index in [0.29, 0.717) is 11.6 Å². The summed E-state index contributed by atoms with van der Waals surface area (Å²) in [5.74, 6) is -1.07. The van der Waals surface area contributed by atoms with E-state index < -0.39 is 11.9 Å². The molecular weight excluding hydrogens is 382 g/mol. The number of hydrogen-bond acceptors (Lipinski definition) is 5. The maximum absolute atomic E-state index is 12.3. The first-order valence-corrected chi connectivity index (χ1v) is 9.67. The van der Waals surface area contributed by atoms with Gasteiger partial charge in [-0.3, -0.25) is 9.59 Å². The molecule has 1 atom stereocenters. The molecule has 2 amide bonds. The lowest BCUT2D eigenvalue weighted by molar-refractivity contribution is -0.125. The fourth-order valence-corrected chi connectivity index (χ4v) is 2.85. The standard InChI is InChI=1S/C23H25N3O4/c1-16(2)14-20(17-6-4-3-5-7-17)26-22(28)15-30-23(29)18-8-10-19(11-9-18)25-21(27)12-13-24/h3-11,16,20H,12,14-15H2,1-2H3,(H,25,27)(H,26,28)/t20-/m1/s1. The lowest BCUT2D eigenvalue weighted by atomic mass is 9.97. The van der Waals surface area contributed by atoms with Gasteiger partial charge in [-0.15, -0.1) is 0 Å². The van der Waals surface area contributed by atoms with Gasteiger partial charge in [0.05, 0.1) is 17.7 Å². The summed E-state index contributed by atoms with van der Waals surface area (Å²) in [6.45, 7) is 3.77. The molecule has 0 bridgehead atoms. The molecule has 0 aliphatic heterocycles. The van der Waals surface area contributed by atoms with E-state index in [1.807, 2.05) is 30.3 Å². The third-order valence-electron chi connectivity index (χ3n) is 4.22. The van der Waals surface area contributed by atoms with Crippen molar-refractivity contribution in [2.24, 2.45) is 5.92 Å². The molecule has 30 heavy (non-hydrogen) atoms. The molecule has 156 valence electrons. The van der Waals surface area contributed by atoms with Gasteiger partial charge in [0.2, 0.25) is 5.91 Å². The zero-order chi connectivity index (χ0) is 21.9. The molecule has 0 unspecified atom stereocenters. The normalized spacial score (nSPS) is 11.3. The van der Waals surface area contributed by atoms with Crippen molar-refractivity contribution >= 4 is 23.5 Å². The average Bonchev–Trinajstić information content (AvgIpc) is 2.72. The molecule has 2 rings (SSSR count). The second-order valence-corrected chi connectivity index (χ2v) is 7.20. The van der Waals surface area contributed by atoms with Crippen LogP contribution in [0.25, 0.3) is 0 Å². The monoisotopic (exact) mass is 407 g/mol. The molecule has 0 aliphatic rings. The molecule has 0 aromatic heterocycles. The molecule has 0 saturated carbocycles. The van der Waals surface area contributed by atoms with E-state index in [2.05, 4.69) is 24.5 Å². The van der Waals surface area contributed by atoms with E-state index >= 15 is 0 Å². The van der Waals surface area contributed by atoms with Crippen molar-refractivity contribution in [3.05, 3.63) is 65.7 Å². The summed E-state index contributed by atoms with van der Waals surface area (Å²) in [5, 5.41) is 14.0. The summed E-state index contributed by atoms with van der Waals surface area (Å²) >= 11 is 0. The van der Waals surface area contributed by atoms with Crippen molar-refractivity contribution in [3.63, 3.8) is 0 Å². The van der Waals surface area contributed by atoms with Crippen LogP contribution in [-0.2, 0) is 14.3 Å². The second-order valence-electron chi connectivity index (χ2n) is 7.20. The molecule has 0 heterocycles. The van der Waals surface area contributed by atoms with E-state index in [4.69, 9.17) is 10.00 Å². The fourth-order valence-electron chi connectivity index (χ4n) is 2.85. The fraction of sp³-hybridized carbons (Fsp3) is 0.304. The van der Waals surface area contributed by atoms with Crippen LogP contribution >= 0.6 is 0 Å². The Bertz CT molecular complexity index is 902. The predicted octanol–water partition coefficient (Wildman–Crippen LogP) is 3.60. The molecule has 7 nitrogen and oxygen atoms in total. The number of nitriles is 1. The van der Waals surface area contributed by atoms with Crippen molar-refractivity contribution in [1.29, 1.82) is 5.26 Å². The van der Waals surface area contributed by atoms with Crippen LogP contribution in [0.5, 0.6) is 0 Å². The molecule has 0 saturated heterocycles. The minimum atomic E-state index is -0.639. The largest absolute Gasteiger partial charge is 0.452 e. The highest BCUT2D eigenvalue weighted by molar-refractivity contribution is 5.94. The third-order valence-corrected chi connectivity index (χ3v) is 4.22. The average molecular weight is 407 g/mol. The van der Waals surface area contributed by atoms with Crippen LogP contribution in [0, 0.1) is 17.2 Å². The Hall–Kier alpha value is -3.66. The SMILES string of the molecule is CC(C)C[C@@H](NC(=O)COC(=O)c1ccc(NC(=O)CC#N)cc1)c1ccccc1. The summed E-state index contributed by atoms with van der Waals surface area (Å²) in [4.78, 5) is 35.9. The van der Waals surface area contributed by atoms with E-state index in [1.54, 1.807) is 6.07 Å². The predicted molar refractivity (Wildman–Crippen MR) is 112 cm³/mol. The van der Waals surface area contributed by atoms with E-state index in [-0.39, 0.29) is 30.5 Å². The highest BCUT2D eigenvalue weighted by Gasteiger charge is 2.17. The lowest BCUT2D eigenvalue weighted by Crippen LogP contribution is -2.33. The van der Waals surface area contributed by atoms with Crippen LogP contribution in [0.3, 0.4) is 0 Å². The van der Waals surface area contributed by atoms with E-state index in [0.717, 1.165) is 12.0 Å². The first-order chi connectivity index (χ1) is 14.4. The van der Waals surface area contributed by atoms with Crippen LogP contribution in [0.15, 0.2) is 54.6 Å². The number of ether oxygens (including phenoxy) is 1. The summed E-state index contributed by atoms with van der Waals surface area (Å²) in [7, 11) is 0. The molecule has 0 fully saturated rings. The minimum absolute atomic E-state index is 0.159. The van der Waals surface area contributed by atoms with Gasteiger partial charge in [-0.05, 0) is 42.2 Å². The number of hydrogen-bond donors (Lipinski definition) is 2. The number of amides is 2. The summed E-state index contributed by atoms with van der Waals surface area (Å²) < 4.78 is 5.11. The van der Waals surface area contributed by atoms with Gasteiger partial charge < -0.3 is 15.4 Å². The number of esters is 1. The number of nitrogens with one attached hydrogen (secondary N) is 2. The maximum atomic E-state index is 12.3. The first kappa shape index (κ1) is 22.6. The van der Waals surface area contributed by atoms with Gasteiger partial charge in [0.1, 0.15) is 6.42 Å². The van der Waals surface area contributed by atoms with Crippen LogP contribution in [0.1, 0.15) is 48.7 Å². The smallest absolute Gasteiger partial charge is 0.338 e. The highest BCUT2D eigenvalue weighted by Crippen LogP contribution is 2.21. The number of carbonyl (C=O) groups is 3. The molecule has 0 radical (unpaired) electrons. The van der Waals surface area contributed by atoms with Gasteiger partial charge >= 0.3 is 5.97 Å². The van der Waals surface area contributed by atoms with Crippen LogP contribution in [-0.4, -0.2) is 24.4 Å². The van der Waals surface area contributed by atoms with Gasteiger partial charge in [-0.2, -0.15) is 5.26 Å². The second kappa shape index (κ2) is 11.4. The lowest BCUT2D eigenvalue weighted by Gasteiger charge is -2.21. The van der Waals surface area contributed by atoms with Crippen LogP contribution in [0.4, 0.5) is 5.69 Å². The number of benzene rings is 2. The topological polar surface area (TPSA) is 108 Å². The maximum Gasteiger partial charge on any atom is 0.338 e. The quantitative estimate of drug-likeness (QED) is 0.618. The van der Waals surface area contributed by atoms with Crippen molar-refractivity contribution in [1.82, 2.24) is 5.32 Å². The van der Waals surface area contributed by atoms with Gasteiger partial charge in [0.15, 0.2) is 6.61 Å². The Labute approximate surface area is 176 Å². The van der Waals surface area contributed by atoms with E-state index in [9.17, 15) is 14.4 Å². The molecule has 7 heteroatoms. The van der Waals surface area contributed by atoms with E-state index in [1.165, 1.54) is 24.3 Å². The summed E-state index contributed by atoms with van der Waals surface area (Å²) in [5.41, 5.74) is 1.71. The number of anilines is 1. The van der Waals surface area contributed by atoms with Gasteiger partial charge in [0, 0.05) is 5.69 Å². The Balaban J connectivity index is 1.89. The minimum Gasteiger partial charge on any atom is -0.452 e.